The first-order valence-electron chi connectivity index (χ1n) is 7.46. The van der Waals surface area contributed by atoms with Crippen LogP contribution in [0.1, 0.15) is 15.9 Å². The smallest absolute Gasteiger partial charge is 0.265 e. The Hall–Kier alpha value is -2.85. The van der Waals surface area contributed by atoms with Crippen molar-refractivity contribution in [2.24, 2.45) is 5.84 Å². The van der Waals surface area contributed by atoms with Gasteiger partial charge in [0.2, 0.25) is 16.8 Å². The van der Waals surface area contributed by atoms with E-state index < -0.39 is 21.7 Å². The van der Waals surface area contributed by atoms with Gasteiger partial charge in [-0.25, -0.2) is 18.7 Å². The molecular formula is C16H16FN3O5S. The first-order chi connectivity index (χ1) is 12.3. The number of ether oxygens (including phenoxy) is 2. The Bertz CT molecular complexity index is 964. The van der Waals surface area contributed by atoms with Crippen LogP contribution in [0, 0.1) is 5.82 Å². The van der Waals surface area contributed by atoms with Crippen LogP contribution in [0.3, 0.4) is 0 Å². The van der Waals surface area contributed by atoms with Gasteiger partial charge in [-0.3, -0.25) is 14.5 Å². The van der Waals surface area contributed by atoms with Crippen molar-refractivity contribution in [1.82, 2.24) is 5.43 Å². The third kappa shape index (κ3) is 3.55. The standard InChI is InChI=1S/C16H16FN3O5S/c1-26(22,23)20(12-4-5-14-15(7-12)25-9-24-14)8-11-3-2-10(6-13(11)17)16(21)19-18/h2-7H,8-9,18H2,1H3,(H,19,21). The molecule has 26 heavy (non-hydrogen) atoms. The molecule has 0 radical (unpaired) electrons. The Morgan fingerprint density at radius 3 is 2.62 bits per heavy atom. The predicted molar refractivity (Wildman–Crippen MR) is 91.6 cm³/mol. The second kappa shape index (κ2) is 6.81. The van der Waals surface area contributed by atoms with Crippen LogP contribution < -0.4 is 25.0 Å². The number of halogens is 1. The summed E-state index contributed by atoms with van der Waals surface area (Å²) in [5, 5.41) is 0. The summed E-state index contributed by atoms with van der Waals surface area (Å²) in [5.41, 5.74) is 2.34. The van der Waals surface area contributed by atoms with Crippen LogP contribution in [-0.2, 0) is 16.6 Å². The highest BCUT2D eigenvalue weighted by Crippen LogP contribution is 2.36. The van der Waals surface area contributed by atoms with Gasteiger partial charge in [-0.15, -0.1) is 0 Å². The van der Waals surface area contributed by atoms with Crippen molar-refractivity contribution >= 4 is 21.6 Å². The number of carbonyl (C=O) groups is 1. The summed E-state index contributed by atoms with van der Waals surface area (Å²) in [7, 11) is -3.71. The minimum Gasteiger partial charge on any atom is -0.454 e. The van der Waals surface area contributed by atoms with Crippen LogP contribution in [0.25, 0.3) is 0 Å². The average molecular weight is 381 g/mol. The van der Waals surface area contributed by atoms with E-state index in [-0.39, 0.29) is 24.5 Å². The second-order valence-electron chi connectivity index (χ2n) is 5.59. The topological polar surface area (TPSA) is 111 Å². The van der Waals surface area contributed by atoms with Crippen molar-refractivity contribution in [3.63, 3.8) is 0 Å². The van der Waals surface area contributed by atoms with E-state index in [4.69, 9.17) is 15.3 Å². The van der Waals surface area contributed by atoms with Gasteiger partial charge in [-0.2, -0.15) is 0 Å². The number of nitrogens with two attached hydrogens (primary N) is 1. The molecule has 1 aliphatic heterocycles. The number of amides is 1. The number of hydrogen-bond donors (Lipinski definition) is 2. The van der Waals surface area contributed by atoms with E-state index >= 15 is 0 Å². The Labute approximate surface area is 149 Å². The Kier molecular flexibility index (Phi) is 4.70. The fourth-order valence-corrected chi connectivity index (χ4v) is 3.37. The molecule has 1 heterocycles. The normalized spacial score (nSPS) is 12.7. The van der Waals surface area contributed by atoms with Gasteiger partial charge < -0.3 is 9.47 Å². The van der Waals surface area contributed by atoms with E-state index in [0.717, 1.165) is 16.6 Å². The number of nitrogen functional groups attached to an aromatic ring is 1. The number of hydrazine groups is 1. The molecule has 138 valence electrons. The van der Waals surface area contributed by atoms with E-state index in [2.05, 4.69) is 0 Å². The van der Waals surface area contributed by atoms with Crippen molar-refractivity contribution in [2.75, 3.05) is 17.4 Å². The Balaban J connectivity index is 1.94. The zero-order valence-electron chi connectivity index (χ0n) is 13.7. The van der Waals surface area contributed by atoms with Gasteiger partial charge in [-0.1, -0.05) is 6.07 Å². The number of nitrogens with one attached hydrogen (secondary N) is 1. The minimum atomic E-state index is -3.71. The molecule has 3 rings (SSSR count). The average Bonchev–Trinajstić information content (AvgIpc) is 3.06. The summed E-state index contributed by atoms with van der Waals surface area (Å²) in [6.07, 6.45) is 1.02. The number of rotatable bonds is 5. The maximum Gasteiger partial charge on any atom is 0.265 e. The number of fused-ring (bicyclic) bond motifs is 1. The fraction of sp³-hybridized carbons (Fsp3) is 0.188. The maximum absolute atomic E-state index is 14.3. The zero-order valence-corrected chi connectivity index (χ0v) is 14.5. The molecular weight excluding hydrogens is 365 g/mol. The first kappa shape index (κ1) is 18.0. The molecule has 2 aromatic rings. The molecule has 0 aliphatic carbocycles. The molecule has 8 nitrogen and oxygen atoms in total. The third-order valence-corrected chi connectivity index (χ3v) is 4.95. The largest absolute Gasteiger partial charge is 0.454 e. The fourth-order valence-electron chi connectivity index (χ4n) is 2.50. The van der Waals surface area contributed by atoms with Crippen molar-refractivity contribution in [3.8, 4) is 11.5 Å². The molecule has 0 bridgehead atoms. The van der Waals surface area contributed by atoms with E-state index in [1.54, 1.807) is 12.1 Å². The number of nitrogens with zero attached hydrogens (tertiary/aromatic N) is 1. The number of sulfonamides is 1. The Morgan fingerprint density at radius 2 is 1.96 bits per heavy atom. The lowest BCUT2D eigenvalue weighted by molar-refractivity contribution is 0.0953. The van der Waals surface area contributed by atoms with Gasteiger partial charge in [0, 0.05) is 17.2 Å². The Morgan fingerprint density at radius 1 is 1.23 bits per heavy atom. The molecule has 10 heteroatoms. The highest BCUT2D eigenvalue weighted by molar-refractivity contribution is 7.92. The summed E-state index contributed by atoms with van der Waals surface area (Å²) in [6, 6.07) is 8.34. The molecule has 2 aromatic carbocycles. The molecule has 0 saturated heterocycles. The van der Waals surface area contributed by atoms with E-state index in [1.807, 2.05) is 5.43 Å². The summed E-state index contributed by atoms with van der Waals surface area (Å²) in [6.45, 7) is -0.203. The third-order valence-electron chi connectivity index (χ3n) is 3.80. The summed E-state index contributed by atoms with van der Waals surface area (Å²) < 4.78 is 50.3. The predicted octanol–water partition coefficient (Wildman–Crippen LogP) is 1.12. The maximum atomic E-state index is 14.3. The van der Waals surface area contributed by atoms with E-state index in [0.29, 0.717) is 17.2 Å². The zero-order chi connectivity index (χ0) is 18.9. The van der Waals surface area contributed by atoms with Crippen LogP contribution >= 0.6 is 0 Å². The lowest BCUT2D eigenvalue weighted by Crippen LogP contribution is -2.31. The molecule has 0 atom stereocenters. The van der Waals surface area contributed by atoms with Crippen LogP contribution in [0.4, 0.5) is 10.1 Å². The first-order valence-corrected chi connectivity index (χ1v) is 9.31. The molecule has 1 amide bonds. The monoisotopic (exact) mass is 381 g/mol. The van der Waals surface area contributed by atoms with Gasteiger partial charge in [0.25, 0.3) is 5.91 Å². The molecule has 1 aliphatic rings. The van der Waals surface area contributed by atoms with Crippen LogP contribution in [0.5, 0.6) is 11.5 Å². The van der Waals surface area contributed by atoms with Crippen LogP contribution in [0.15, 0.2) is 36.4 Å². The lowest BCUT2D eigenvalue weighted by Gasteiger charge is -2.23. The van der Waals surface area contributed by atoms with Crippen LogP contribution in [0.2, 0.25) is 0 Å². The highest BCUT2D eigenvalue weighted by atomic mass is 32.2. The summed E-state index contributed by atoms with van der Waals surface area (Å²) >= 11 is 0. The molecule has 0 spiro atoms. The molecule has 3 N–H and O–H groups in total. The SMILES string of the molecule is CS(=O)(=O)N(Cc1ccc(C(=O)NN)cc1F)c1ccc2c(c1)OCO2. The van der Waals surface area contributed by atoms with Gasteiger partial charge in [0.05, 0.1) is 18.5 Å². The lowest BCUT2D eigenvalue weighted by atomic mass is 10.1. The van der Waals surface area contributed by atoms with Gasteiger partial charge in [0.1, 0.15) is 5.82 Å². The highest BCUT2D eigenvalue weighted by Gasteiger charge is 2.23. The molecule has 0 aromatic heterocycles. The second-order valence-corrected chi connectivity index (χ2v) is 7.49. The molecule has 0 unspecified atom stereocenters. The van der Waals surface area contributed by atoms with Gasteiger partial charge >= 0.3 is 0 Å². The van der Waals surface area contributed by atoms with E-state index in [9.17, 15) is 17.6 Å². The number of anilines is 1. The number of benzene rings is 2. The number of hydrogen-bond acceptors (Lipinski definition) is 6. The number of carbonyl (C=O) groups excluding carboxylic acids is 1. The van der Waals surface area contributed by atoms with Gasteiger partial charge in [0.15, 0.2) is 11.5 Å². The van der Waals surface area contributed by atoms with Crippen LogP contribution in [-0.4, -0.2) is 27.4 Å². The van der Waals surface area contributed by atoms with Crippen molar-refractivity contribution < 1.29 is 27.1 Å². The quantitative estimate of drug-likeness (QED) is 0.456. The molecule has 0 saturated carbocycles. The van der Waals surface area contributed by atoms with E-state index in [1.165, 1.54) is 18.2 Å². The summed E-state index contributed by atoms with van der Waals surface area (Å²) in [5.74, 6) is 4.56. The van der Waals surface area contributed by atoms with Crippen molar-refractivity contribution in [3.05, 3.63) is 53.3 Å². The van der Waals surface area contributed by atoms with Crippen molar-refractivity contribution in [2.45, 2.75) is 6.54 Å². The molecule has 0 fully saturated rings. The van der Waals surface area contributed by atoms with Gasteiger partial charge in [-0.05, 0) is 24.3 Å². The van der Waals surface area contributed by atoms with Crippen molar-refractivity contribution in [1.29, 1.82) is 0 Å². The minimum absolute atomic E-state index is 0.0303. The summed E-state index contributed by atoms with van der Waals surface area (Å²) in [4.78, 5) is 11.5.